The van der Waals surface area contributed by atoms with Crippen molar-refractivity contribution in [1.82, 2.24) is 5.32 Å². The molecule has 0 amide bonds. The number of carboxylic acids is 1. The lowest BCUT2D eigenvalue weighted by Gasteiger charge is -2.54. The van der Waals surface area contributed by atoms with Crippen LogP contribution in [0.4, 0.5) is 0 Å². The minimum atomic E-state index is -0.602. The Morgan fingerprint density at radius 2 is 2.21 bits per heavy atom. The molecule has 1 heterocycles. The van der Waals surface area contributed by atoms with Crippen molar-refractivity contribution in [2.45, 2.75) is 32.6 Å². The molecule has 0 aromatic rings. The monoisotopic (exact) mass is 197 g/mol. The van der Waals surface area contributed by atoms with E-state index in [0.29, 0.717) is 12.5 Å². The Labute approximate surface area is 84.9 Å². The highest BCUT2D eigenvalue weighted by Crippen LogP contribution is 2.54. The summed E-state index contributed by atoms with van der Waals surface area (Å²) < 4.78 is 0. The van der Waals surface area contributed by atoms with Gasteiger partial charge in [-0.25, -0.2) is 0 Å². The number of aliphatic carboxylic acids is 1. The van der Waals surface area contributed by atoms with Gasteiger partial charge in [-0.05, 0) is 30.7 Å². The molecular weight excluding hydrogens is 178 g/mol. The summed E-state index contributed by atoms with van der Waals surface area (Å²) in [6, 6.07) is 0. The summed E-state index contributed by atoms with van der Waals surface area (Å²) in [5, 5.41) is 12.5. The third-order valence-electron chi connectivity index (χ3n) is 4.32. The van der Waals surface area contributed by atoms with E-state index in [1.165, 1.54) is 6.42 Å². The zero-order valence-electron chi connectivity index (χ0n) is 8.75. The Hall–Kier alpha value is -0.570. The molecule has 2 atom stereocenters. The molecule has 1 aliphatic carbocycles. The van der Waals surface area contributed by atoms with E-state index in [0.717, 1.165) is 25.8 Å². The van der Waals surface area contributed by atoms with Gasteiger partial charge in [-0.3, -0.25) is 4.79 Å². The summed E-state index contributed by atoms with van der Waals surface area (Å²) >= 11 is 0. The van der Waals surface area contributed by atoms with Gasteiger partial charge in [-0.15, -0.1) is 0 Å². The fourth-order valence-electron chi connectivity index (χ4n) is 3.32. The van der Waals surface area contributed by atoms with Crippen molar-refractivity contribution in [3.8, 4) is 0 Å². The molecule has 0 aromatic heterocycles. The van der Waals surface area contributed by atoms with Gasteiger partial charge in [0.15, 0.2) is 0 Å². The first-order valence-electron chi connectivity index (χ1n) is 5.64. The molecule has 3 nitrogen and oxygen atoms in total. The van der Waals surface area contributed by atoms with Crippen molar-refractivity contribution in [3.05, 3.63) is 0 Å². The van der Waals surface area contributed by atoms with Gasteiger partial charge in [0.1, 0.15) is 0 Å². The molecular formula is C11H19NO2. The molecule has 1 spiro atoms. The largest absolute Gasteiger partial charge is 0.481 e. The summed E-state index contributed by atoms with van der Waals surface area (Å²) in [5.74, 6) is -0.170. The zero-order valence-corrected chi connectivity index (χ0v) is 8.75. The van der Waals surface area contributed by atoms with Crippen LogP contribution in [0.25, 0.3) is 0 Å². The van der Waals surface area contributed by atoms with Crippen molar-refractivity contribution in [3.63, 3.8) is 0 Å². The van der Waals surface area contributed by atoms with E-state index >= 15 is 0 Å². The lowest BCUT2D eigenvalue weighted by atomic mass is 9.52. The normalized spacial score (nSPS) is 35.2. The molecule has 2 N–H and O–H groups in total. The van der Waals surface area contributed by atoms with Gasteiger partial charge < -0.3 is 10.4 Å². The molecule has 3 heteroatoms. The number of nitrogens with one attached hydrogen (secondary N) is 1. The number of rotatable bonds is 2. The van der Waals surface area contributed by atoms with Gasteiger partial charge in [-0.1, -0.05) is 19.8 Å². The first kappa shape index (κ1) is 9.97. The topological polar surface area (TPSA) is 49.3 Å². The number of hydrogen-bond acceptors (Lipinski definition) is 2. The zero-order chi connectivity index (χ0) is 10.2. The van der Waals surface area contributed by atoms with Crippen LogP contribution < -0.4 is 5.32 Å². The number of carbonyl (C=O) groups is 1. The quantitative estimate of drug-likeness (QED) is 0.705. The number of carboxylic acid groups (broad SMARTS) is 1. The molecule has 0 bridgehead atoms. The maximum absolute atomic E-state index is 11.2. The van der Waals surface area contributed by atoms with Gasteiger partial charge >= 0.3 is 5.97 Å². The Morgan fingerprint density at radius 1 is 1.50 bits per heavy atom. The van der Waals surface area contributed by atoms with E-state index in [1.54, 1.807) is 0 Å². The second kappa shape index (κ2) is 3.54. The van der Waals surface area contributed by atoms with Crippen molar-refractivity contribution in [2.75, 3.05) is 13.1 Å². The third-order valence-corrected chi connectivity index (χ3v) is 4.32. The van der Waals surface area contributed by atoms with E-state index in [9.17, 15) is 9.90 Å². The molecule has 80 valence electrons. The van der Waals surface area contributed by atoms with Gasteiger partial charge in [-0.2, -0.15) is 0 Å². The Kier molecular flexibility index (Phi) is 2.52. The molecule has 2 unspecified atom stereocenters. The summed E-state index contributed by atoms with van der Waals surface area (Å²) in [6.07, 6.45) is 4.59. The summed E-state index contributed by atoms with van der Waals surface area (Å²) in [4.78, 5) is 11.2. The Morgan fingerprint density at radius 3 is 2.64 bits per heavy atom. The maximum Gasteiger partial charge on any atom is 0.308 e. The molecule has 2 aliphatic rings. The second-order valence-electron chi connectivity index (χ2n) is 4.74. The molecule has 1 aliphatic heterocycles. The van der Waals surface area contributed by atoms with Gasteiger partial charge in [0, 0.05) is 6.54 Å². The van der Waals surface area contributed by atoms with Gasteiger partial charge in [0.2, 0.25) is 0 Å². The van der Waals surface area contributed by atoms with Crippen LogP contribution in [0, 0.1) is 17.3 Å². The average molecular weight is 197 g/mol. The highest BCUT2D eigenvalue weighted by atomic mass is 16.4. The van der Waals surface area contributed by atoms with Crippen LogP contribution in [-0.4, -0.2) is 24.2 Å². The van der Waals surface area contributed by atoms with E-state index < -0.39 is 5.97 Å². The summed E-state index contributed by atoms with van der Waals surface area (Å²) in [7, 11) is 0. The van der Waals surface area contributed by atoms with Gasteiger partial charge in [0.05, 0.1) is 5.92 Å². The first-order valence-corrected chi connectivity index (χ1v) is 5.64. The minimum absolute atomic E-state index is 0.144. The van der Waals surface area contributed by atoms with E-state index in [1.807, 2.05) is 0 Å². The highest BCUT2D eigenvalue weighted by Gasteiger charge is 2.53. The molecule has 14 heavy (non-hydrogen) atoms. The van der Waals surface area contributed by atoms with Crippen LogP contribution in [0.1, 0.15) is 32.6 Å². The van der Waals surface area contributed by atoms with Crippen LogP contribution in [0.5, 0.6) is 0 Å². The standard InChI is InChI=1S/C11H19NO2/c1-2-8-6-12-7-9(10(13)14)11(8)4-3-5-11/h8-9,12H,2-7H2,1H3,(H,13,14). The van der Waals surface area contributed by atoms with Crippen LogP contribution in [0.2, 0.25) is 0 Å². The van der Waals surface area contributed by atoms with Crippen molar-refractivity contribution in [2.24, 2.45) is 17.3 Å². The third kappa shape index (κ3) is 1.26. The van der Waals surface area contributed by atoms with Crippen LogP contribution >= 0.6 is 0 Å². The smallest absolute Gasteiger partial charge is 0.308 e. The van der Waals surface area contributed by atoms with Crippen molar-refractivity contribution >= 4 is 5.97 Å². The fraction of sp³-hybridized carbons (Fsp3) is 0.909. The predicted molar refractivity (Wildman–Crippen MR) is 54.1 cm³/mol. The molecule has 2 rings (SSSR count). The Balaban J connectivity index is 2.20. The van der Waals surface area contributed by atoms with Crippen LogP contribution in [0.3, 0.4) is 0 Å². The highest BCUT2D eigenvalue weighted by molar-refractivity contribution is 5.72. The Bertz CT molecular complexity index is 235. The van der Waals surface area contributed by atoms with Crippen LogP contribution in [-0.2, 0) is 4.79 Å². The average Bonchev–Trinajstić information content (AvgIpc) is 2.13. The predicted octanol–water partition coefficient (Wildman–Crippen LogP) is 1.49. The summed E-state index contributed by atoms with van der Waals surface area (Å²) in [6.45, 7) is 3.86. The van der Waals surface area contributed by atoms with E-state index in [2.05, 4.69) is 12.2 Å². The van der Waals surface area contributed by atoms with Crippen molar-refractivity contribution < 1.29 is 9.90 Å². The number of hydrogen-bond donors (Lipinski definition) is 2. The molecule has 2 fully saturated rings. The van der Waals surface area contributed by atoms with Crippen LogP contribution in [0.15, 0.2) is 0 Å². The lowest BCUT2D eigenvalue weighted by Crippen LogP contribution is -2.57. The van der Waals surface area contributed by atoms with Crippen molar-refractivity contribution in [1.29, 1.82) is 0 Å². The molecule has 0 radical (unpaired) electrons. The SMILES string of the molecule is CCC1CNCC(C(=O)O)C12CCC2. The molecule has 1 saturated carbocycles. The summed E-state index contributed by atoms with van der Waals surface area (Å²) in [5.41, 5.74) is 0.145. The fourth-order valence-corrected chi connectivity index (χ4v) is 3.32. The molecule has 1 saturated heterocycles. The first-order chi connectivity index (χ1) is 6.70. The molecule has 0 aromatic carbocycles. The second-order valence-corrected chi connectivity index (χ2v) is 4.74. The van der Waals surface area contributed by atoms with E-state index in [4.69, 9.17) is 0 Å². The van der Waals surface area contributed by atoms with E-state index in [-0.39, 0.29) is 11.3 Å². The maximum atomic E-state index is 11.2. The van der Waals surface area contributed by atoms with Gasteiger partial charge in [0.25, 0.3) is 0 Å². The minimum Gasteiger partial charge on any atom is -0.481 e. The lowest BCUT2D eigenvalue weighted by molar-refractivity contribution is -0.156. The number of piperidine rings is 1.